The molecule has 4 nitrogen and oxygen atoms in total. The predicted octanol–water partition coefficient (Wildman–Crippen LogP) is 4.73. The van der Waals surface area contributed by atoms with Crippen molar-refractivity contribution in [3.63, 3.8) is 0 Å². The van der Waals surface area contributed by atoms with Gasteiger partial charge >= 0.3 is 6.18 Å². The first-order valence-electron chi connectivity index (χ1n) is 9.02. The first-order chi connectivity index (χ1) is 14.1. The van der Waals surface area contributed by atoms with E-state index in [2.05, 4.69) is 5.32 Å². The summed E-state index contributed by atoms with van der Waals surface area (Å²) >= 11 is 0. The highest BCUT2D eigenvalue weighted by molar-refractivity contribution is 5.93. The number of hydrogen-bond acceptors (Lipinski definition) is 3. The second-order valence-electron chi connectivity index (χ2n) is 6.90. The molecule has 1 fully saturated rings. The van der Waals surface area contributed by atoms with E-state index in [-0.39, 0.29) is 6.54 Å². The van der Waals surface area contributed by atoms with E-state index >= 15 is 0 Å². The number of hydroxylamine groups is 2. The van der Waals surface area contributed by atoms with Crippen LogP contribution >= 0.6 is 0 Å². The molecule has 1 amide bonds. The Morgan fingerprint density at radius 3 is 2.33 bits per heavy atom. The molecule has 0 radical (unpaired) electrons. The maximum atomic E-state index is 13.9. The average molecular weight is 432 g/mol. The van der Waals surface area contributed by atoms with Crippen LogP contribution in [0.3, 0.4) is 0 Å². The van der Waals surface area contributed by atoms with Crippen LogP contribution in [0.5, 0.6) is 0 Å². The van der Waals surface area contributed by atoms with Crippen LogP contribution in [0.25, 0.3) is 0 Å². The molecule has 1 heterocycles. The van der Waals surface area contributed by atoms with Crippen LogP contribution < -0.4 is 5.32 Å². The van der Waals surface area contributed by atoms with E-state index in [9.17, 15) is 31.1 Å². The molecule has 2 aromatic carbocycles. The lowest BCUT2D eigenvalue weighted by Gasteiger charge is -2.36. The Hall–Kier alpha value is -2.59. The zero-order valence-corrected chi connectivity index (χ0v) is 15.8. The Bertz CT molecular complexity index is 917. The van der Waals surface area contributed by atoms with E-state index in [1.54, 1.807) is 0 Å². The lowest BCUT2D eigenvalue weighted by Crippen LogP contribution is -2.44. The number of carbonyl (C=O) groups excluding carboxylic acids is 1. The van der Waals surface area contributed by atoms with Crippen LogP contribution in [0, 0.1) is 23.4 Å². The number of piperidine rings is 1. The first-order valence-corrected chi connectivity index (χ1v) is 9.02. The van der Waals surface area contributed by atoms with E-state index in [0.29, 0.717) is 24.6 Å². The van der Waals surface area contributed by atoms with Crippen molar-refractivity contribution >= 4 is 11.6 Å². The van der Waals surface area contributed by atoms with Crippen LogP contribution in [0.2, 0.25) is 0 Å². The van der Waals surface area contributed by atoms with E-state index in [1.165, 1.54) is 24.3 Å². The number of rotatable bonds is 4. The third kappa shape index (κ3) is 4.59. The van der Waals surface area contributed by atoms with Gasteiger partial charge in [-0.3, -0.25) is 4.79 Å². The summed E-state index contributed by atoms with van der Waals surface area (Å²) in [5, 5.41) is 3.74. The Morgan fingerprint density at radius 2 is 1.73 bits per heavy atom. The van der Waals surface area contributed by atoms with Gasteiger partial charge in [0.1, 0.15) is 0 Å². The van der Waals surface area contributed by atoms with Gasteiger partial charge < -0.3 is 10.2 Å². The lowest BCUT2D eigenvalue weighted by atomic mass is 9.80. The molecule has 0 bridgehead atoms. The third-order valence-corrected chi connectivity index (χ3v) is 5.13. The largest absolute Gasteiger partial charge is 0.416 e. The molecule has 0 aliphatic carbocycles. The minimum Gasteiger partial charge on any atom is -0.323 e. The maximum Gasteiger partial charge on any atom is 0.416 e. The standard InChI is InChI=1S/C20H18F6N2O2/c1-30-28-9-8-13(11-2-4-12(5-3-11)20(24,25)26)14(10-28)19(29)27-16-7-6-15(21)17(22)18(16)23/h2-7,13-14H,8-10H2,1H3,(H,27,29)/t13-,14+/m1/s1. The summed E-state index contributed by atoms with van der Waals surface area (Å²) < 4.78 is 79.0. The Kier molecular flexibility index (Phi) is 6.37. The number of nitrogens with zero attached hydrogens (tertiary/aromatic N) is 1. The molecule has 2 aromatic rings. The highest BCUT2D eigenvalue weighted by atomic mass is 19.4. The zero-order chi connectivity index (χ0) is 22.1. The third-order valence-electron chi connectivity index (χ3n) is 5.13. The van der Waals surface area contributed by atoms with Crippen LogP contribution in [0.15, 0.2) is 36.4 Å². The zero-order valence-electron chi connectivity index (χ0n) is 15.8. The van der Waals surface area contributed by atoms with Gasteiger partial charge in [0.2, 0.25) is 5.91 Å². The number of benzene rings is 2. The summed E-state index contributed by atoms with van der Waals surface area (Å²) in [6.07, 6.45) is -4.10. The SMILES string of the molecule is CON1CC[C@H](c2ccc(C(F)(F)F)cc2)[C@@H](C(=O)Nc2ccc(F)c(F)c2F)C1. The van der Waals surface area contributed by atoms with Gasteiger partial charge in [0, 0.05) is 13.1 Å². The van der Waals surface area contributed by atoms with E-state index < -0.39 is 52.6 Å². The fourth-order valence-electron chi connectivity index (χ4n) is 3.52. The second-order valence-corrected chi connectivity index (χ2v) is 6.90. The van der Waals surface area contributed by atoms with E-state index in [4.69, 9.17) is 4.84 Å². The van der Waals surface area contributed by atoms with Crippen molar-refractivity contribution in [2.75, 3.05) is 25.5 Å². The molecule has 10 heteroatoms. The summed E-state index contributed by atoms with van der Waals surface area (Å²) in [7, 11) is 1.41. The molecular formula is C20H18F6N2O2. The normalized spacial score (nSPS) is 20.2. The van der Waals surface area contributed by atoms with Crippen molar-refractivity contribution in [1.29, 1.82) is 0 Å². The highest BCUT2D eigenvalue weighted by Gasteiger charge is 2.37. The second kappa shape index (κ2) is 8.65. The van der Waals surface area contributed by atoms with Crippen LogP contribution in [0.4, 0.5) is 32.0 Å². The molecule has 1 N–H and O–H groups in total. The molecule has 1 saturated heterocycles. The summed E-state index contributed by atoms with van der Waals surface area (Å²) in [6.45, 7) is 0.505. The highest BCUT2D eigenvalue weighted by Crippen LogP contribution is 2.36. The molecular weight excluding hydrogens is 414 g/mol. The minimum atomic E-state index is -4.49. The fourth-order valence-corrected chi connectivity index (χ4v) is 3.52. The Labute approximate surface area is 168 Å². The monoisotopic (exact) mass is 432 g/mol. The quantitative estimate of drug-likeness (QED) is 0.561. The summed E-state index contributed by atoms with van der Waals surface area (Å²) in [5.74, 6) is -6.64. The van der Waals surface area contributed by atoms with E-state index in [1.807, 2.05) is 0 Å². The fraction of sp³-hybridized carbons (Fsp3) is 0.350. The van der Waals surface area contributed by atoms with Crippen LogP contribution in [0.1, 0.15) is 23.5 Å². The molecule has 162 valence electrons. The summed E-state index contributed by atoms with van der Waals surface area (Å²) in [5.41, 5.74) is -0.838. The van der Waals surface area contributed by atoms with Crippen LogP contribution in [-0.4, -0.2) is 31.2 Å². The maximum absolute atomic E-state index is 13.9. The predicted molar refractivity (Wildman–Crippen MR) is 95.8 cm³/mol. The van der Waals surface area contributed by atoms with Gasteiger partial charge in [-0.05, 0) is 42.2 Å². The molecule has 0 unspecified atom stereocenters. The number of halogens is 6. The van der Waals surface area contributed by atoms with Crippen molar-refractivity contribution < 1.29 is 36.0 Å². The molecule has 0 aromatic heterocycles. The van der Waals surface area contributed by atoms with Gasteiger partial charge in [0.25, 0.3) is 0 Å². The van der Waals surface area contributed by atoms with Crippen molar-refractivity contribution in [3.8, 4) is 0 Å². The molecule has 3 rings (SSSR count). The van der Waals surface area contributed by atoms with Crippen LogP contribution in [-0.2, 0) is 15.8 Å². The van der Waals surface area contributed by atoms with Crippen molar-refractivity contribution in [1.82, 2.24) is 5.06 Å². The number of carbonyl (C=O) groups is 1. The van der Waals surface area contributed by atoms with Crippen molar-refractivity contribution in [3.05, 3.63) is 65.0 Å². The van der Waals surface area contributed by atoms with Crippen molar-refractivity contribution in [2.24, 2.45) is 5.92 Å². The lowest BCUT2D eigenvalue weighted by molar-refractivity contribution is -0.161. The topological polar surface area (TPSA) is 41.6 Å². The van der Waals surface area contributed by atoms with Gasteiger partial charge in [-0.15, -0.1) is 0 Å². The number of nitrogens with one attached hydrogen (secondary N) is 1. The number of anilines is 1. The summed E-state index contributed by atoms with van der Waals surface area (Å²) in [4.78, 5) is 18.0. The van der Waals surface area contributed by atoms with E-state index in [0.717, 1.165) is 18.2 Å². The average Bonchev–Trinajstić information content (AvgIpc) is 2.73. The molecule has 0 saturated carbocycles. The first kappa shape index (κ1) is 22.1. The number of hydrogen-bond donors (Lipinski definition) is 1. The van der Waals surface area contributed by atoms with Gasteiger partial charge in [0.15, 0.2) is 17.5 Å². The van der Waals surface area contributed by atoms with Gasteiger partial charge in [-0.25, -0.2) is 13.2 Å². The van der Waals surface area contributed by atoms with Gasteiger partial charge in [-0.1, -0.05) is 12.1 Å². The molecule has 1 aliphatic heterocycles. The molecule has 2 atom stereocenters. The molecule has 30 heavy (non-hydrogen) atoms. The number of alkyl halides is 3. The van der Waals surface area contributed by atoms with Crippen molar-refractivity contribution in [2.45, 2.75) is 18.5 Å². The Morgan fingerprint density at radius 1 is 1.07 bits per heavy atom. The molecule has 0 spiro atoms. The van der Waals surface area contributed by atoms with Gasteiger partial charge in [-0.2, -0.15) is 18.2 Å². The molecule has 1 aliphatic rings. The smallest absolute Gasteiger partial charge is 0.323 e. The Balaban J connectivity index is 1.86. The van der Waals surface area contributed by atoms with Gasteiger partial charge in [0.05, 0.1) is 24.3 Å². The summed E-state index contributed by atoms with van der Waals surface area (Å²) in [6, 6.07) is 6.05. The minimum absolute atomic E-state index is 0.0827. The number of amides is 1.